The average Bonchev–Trinajstić information content (AvgIpc) is 2.35. The molecule has 0 saturated heterocycles. The second-order valence-electron chi connectivity index (χ2n) is 6.17. The molecule has 4 N–H and O–H groups in total. The van der Waals surface area contributed by atoms with Gasteiger partial charge in [-0.15, -0.1) is 0 Å². The Morgan fingerprint density at radius 3 is 2.47 bits per heavy atom. The van der Waals surface area contributed by atoms with Gasteiger partial charge >= 0.3 is 0 Å². The monoisotopic (exact) mass is 263 g/mol. The van der Waals surface area contributed by atoms with Crippen molar-refractivity contribution in [2.45, 2.75) is 59.4 Å². The molecule has 0 spiro atoms. The summed E-state index contributed by atoms with van der Waals surface area (Å²) in [5, 5.41) is 3.61. The molecule has 19 heavy (non-hydrogen) atoms. The number of nitrogen functional groups attached to an aromatic ring is 1. The van der Waals surface area contributed by atoms with Crippen LogP contribution in [0.5, 0.6) is 0 Å². The van der Waals surface area contributed by atoms with Gasteiger partial charge in [0.1, 0.15) is 17.5 Å². The quantitative estimate of drug-likeness (QED) is 0.577. The fourth-order valence-corrected chi connectivity index (χ4v) is 2.84. The normalized spacial score (nSPS) is 22.1. The summed E-state index contributed by atoms with van der Waals surface area (Å²) in [5.41, 5.74) is 3.93. The summed E-state index contributed by atoms with van der Waals surface area (Å²) in [5.74, 6) is 7.84. The molecule has 0 aliphatic heterocycles. The Morgan fingerprint density at radius 2 is 1.84 bits per heavy atom. The zero-order chi connectivity index (χ0) is 14.0. The first-order chi connectivity index (χ1) is 8.94. The molecule has 1 aromatic rings. The van der Waals surface area contributed by atoms with Crippen LogP contribution in [-0.4, -0.2) is 16.0 Å². The molecule has 1 atom stereocenters. The summed E-state index contributed by atoms with van der Waals surface area (Å²) < 4.78 is 0. The van der Waals surface area contributed by atoms with Crippen LogP contribution in [0, 0.1) is 19.3 Å². The van der Waals surface area contributed by atoms with Crippen LogP contribution in [-0.2, 0) is 0 Å². The first-order valence-corrected chi connectivity index (χ1v) is 7.02. The van der Waals surface area contributed by atoms with Crippen molar-refractivity contribution >= 4 is 11.6 Å². The van der Waals surface area contributed by atoms with Crippen molar-refractivity contribution in [3.05, 3.63) is 11.4 Å². The molecule has 2 rings (SSSR count). The third-order valence-corrected chi connectivity index (χ3v) is 4.21. The number of nitrogens with zero attached hydrogens (tertiary/aromatic N) is 2. The van der Waals surface area contributed by atoms with Crippen molar-refractivity contribution in [3.63, 3.8) is 0 Å². The van der Waals surface area contributed by atoms with Crippen molar-refractivity contribution in [1.82, 2.24) is 9.97 Å². The smallest absolute Gasteiger partial charge is 0.148 e. The molecular weight excluding hydrogens is 238 g/mol. The van der Waals surface area contributed by atoms with E-state index in [1.54, 1.807) is 0 Å². The van der Waals surface area contributed by atoms with Gasteiger partial charge in [0.25, 0.3) is 0 Å². The Morgan fingerprint density at radius 1 is 1.16 bits per heavy atom. The number of hydrazine groups is 1. The highest BCUT2D eigenvalue weighted by Crippen LogP contribution is 2.37. The SMILES string of the molecule is Cc1nc(NN)c(C)c(NC2CCCCC2(C)C)n1. The third kappa shape index (κ3) is 2.97. The highest BCUT2D eigenvalue weighted by atomic mass is 15.3. The standard InChI is InChI=1S/C14H25N5/c1-9-12(16-10(2)17-13(9)19-15)18-11-7-5-6-8-14(11,3)4/h11H,5-8,15H2,1-4H3,(H2,16,17,18,19). The van der Waals surface area contributed by atoms with Gasteiger partial charge in [-0.05, 0) is 32.1 Å². The van der Waals surface area contributed by atoms with Crippen molar-refractivity contribution < 1.29 is 0 Å². The Balaban J connectivity index is 2.25. The van der Waals surface area contributed by atoms with Gasteiger partial charge in [0, 0.05) is 11.6 Å². The third-order valence-electron chi connectivity index (χ3n) is 4.21. The average molecular weight is 263 g/mol. The van der Waals surface area contributed by atoms with E-state index in [-0.39, 0.29) is 0 Å². The minimum atomic E-state index is 0.305. The highest BCUT2D eigenvalue weighted by Gasteiger charge is 2.32. The Labute approximate surface area is 115 Å². The maximum atomic E-state index is 5.51. The van der Waals surface area contributed by atoms with E-state index in [1.165, 1.54) is 25.7 Å². The van der Waals surface area contributed by atoms with E-state index in [0.717, 1.165) is 17.2 Å². The van der Waals surface area contributed by atoms with Crippen LogP contribution in [0.1, 0.15) is 50.9 Å². The van der Waals surface area contributed by atoms with Crippen molar-refractivity contribution in [2.24, 2.45) is 11.3 Å². The van der Waals surface area contributed by atoms with E-state index >= 15 is 0 Å². The lowest BCUT2D eigenvalue weighted by molar-refractivity contribution is 0.216. The Hall–Kier alpha value is -1.36. The molecule has 0 bridgehead atoms. The van der Waals surface area contributed by atoms with E-state index in [0.29, 0.717) is 17.3 Å². The summed E-state index contributed by atoms with van der Waals surface area (Å²) in [7, 11) is 0. The summed E-state index contributed by atoms with van der Waals surface area (Å²) in [6.07, 6.45) is 5.06. The number of hydrogen-bond donors (Lipinski definition) is 3. The molecule has 1 aromatic heterocycles. The molecule has 1 aliphatic carbocycles. The van der Waals surface area contributed by atoms with Gasteiger partial charge in [-0.2, -0.15) is 0 Å². The lowest BCUT2D eigenvalue weighted by Crippen LogP contribution is -2.39. The van der Waals surface area contributed by atoms with E-state index < -0.39 is 0 Å². The fourth-order valence-electron chi connectivity index (χ4n) is 2.84. The number of hydrogen-bond acceptors (Lipinski definition) is 5. The van der Waals surface area contributed by atoms with Gasteiger partial charge in [-0.25, -0.2) is 15.8 Å². The van der Waals surface area contributed by atoms with Crippen LogP contribution in [0.2, 0.25) is 0 Å². The van der Waals surface area contributed by atoms with E-state index in [4.69, 9.17) is 5.84 Å². The Bertz CT molecular complexity index is 455. The molecule has 1 heterocycles. The van der Waals surface area contributed by atoms with Crippen LogP contribution in [0.3, 0.4) is 0 Å². The number of aryl methyl sites for hydroxylation is 1. The van der Waals surface area contributed by atoms with E-state index in [9.17, 15) is 0 Å². The second kappa shape index (κ2) is 5.33. The molecule has 106 valence electrons. The van der Waals surface area contributed by atoms with Gasteiger partial charge in [-0.3, -0.25) is 0 Å². The van der Waals surface area contributed by atoms with Crippen molar-refractivity contribution in [2.75, 3.05) is 10.7 Å². The van der Waals surface area contributed by atoms with Gasteiger partial charge in [-0.1, -0.05) is 26.7 Å². The molecule has 0 aromatic carbocycles. The fraction of sp³-hybridized carbons (Fsp3) is 0.714. The lowest BCUT2D eigenvalue weighted by Gasteiger charge is -2.39. The van der Waals surface area contributed by atoms with Crippen LogP contribution in [0.25, 0.3) is 0 Å². The predicted molar refractivity (Wildman–Crippen MR) is 79.0 cm³/mol. The minimum Gasteiger partial charge on any atom is -0.366 e. The predicted octanol–water partition coefficient (Wildman–Crippen LogP) is 2.76. The van der Waals surface area contributed by atoms with Crippen LogP contribution < -0.4 is 16.6 Å². The van der Waals surface area contributed by atoms with Crippen LogP contribution in [0.15, 0.2) is 0 Å². The maximum absolute atomic E-state index is 5.51. The molecule has 0 amide bonds. The summed E-state index contributed by atoms with van der Waals surface area (Å²) in [4.78, 5) is 8.82. The van der Waals surface area contributed by atoms with Gasteiger partial charge in [0.2, 0.25) is 0 Å². The lowest BCUT2D eigenvalue weighted by atomic mass is 9.73. The first kappa shape index (κ1) is 14.1. The summed E-state index contributed by atoms with van der Waals surface area (Å²) in [6, 6.07) is 0.458. The molecule has 1 unspecified atom stereocenters. The number of aromatic nitrogens is 2. The number of anilines is 2. The van der Waals surface area contributed by atoms with E-state index in [2.05, 4.69) is 34.6 Å². The number of nitrogens with two attached hydrogens (primary N) is 1. The Kier molecular flexibility index (Phi) is 3.94. The highest BCUT2D eigenvalue weighted by molar-refractivity contribution is 5.57. The topological polar surface area (TPSA) is 75.9 Å². The molecule has 5 heteroatoms. The summed E-state index contributed by atoms with van der Waals surface area (Å²) in [6.45, 7) is 8.54. The zero-order valence-electron chi connectivity index (χ0n) is 12.4. The largest absolute Gasteiger partial charge is 0.366 e. The number of nitrogens with one attached hydrogen (secondary N) is 2. The van der Waals surface area contributed by atoms with Crippen LogP contribution in [0.4, 0.5) is 11.6 Å². The minimum absolute atomic E-state index is 0.305. The van der Waals surface area contributed by atoms with Gasteiger partial charge in [0.05, 0.1) is 0 Å². The molecule has 1 fully saturated rings. The number of rotatable bonds is 3. The van der Waals surface area contributed by atoms with Crippen molar-refractivity contribution in [1.29, 1.82) is 0 Å². The van der Waals surface area contributed by atoms with Gasteiger partial charge < -0.3 is 10.7 Å². The van der Waals surface area contributed by atoms with Crippen LogP contribution >= 0.6 is 0 Å². The van der Waals surface area contributed by atoms with Gasteiger partial charge in [0.15, 0.2) is 0 Å². The molecular formula is C14H25N5. The summed E-state index contributed by atoms with van der Waals surface area (Å²) >= 11 is 0. The first-order valence-electron chi connectivity index (χ1n) is 7.02. The zero-order valence-corrected chi connectivity index (χ0v) is 12.4. The molecule has 5 nitrogen and oxygen atoms in total. The second-order valence-corrected chi connectivity index (χ2v) is 6.17. The van der Waals surface area contributed by atoms with E-state index in [1.807, 2.05) is 13.8 Å². The maximum Gasteiger partial charge on any atom is 0.148 e. The molecule has 0 radical (unpaired) electrons. The molecule has 1 aliphatic rings. The molecule has 1 saturated carbocycles. The van der Waals surface area contributed by atoms with Crippen molar-refractivity contribution in [3.8, 4) is 0 Å².